The minimum absolute atomic E-state index is 0.0787. The van der Waals surface area contributed by atoms with E-state index in [1.54, 1.807) is 6.92 Å². The van der Waals surface area contributed by atoms with Crippen molar-refractivity contribution in [1.29, 1.82) is 0 Å². The van der Waals surface area contributed by atoms with Crippen molar-refractivity contribution in [3.63, 3.8) is 0 Å². The number of carbonyl (C=O) groups is 1. The predicted molar refractivity (Wildman–Crippen MR) is 54.3 cm³/mol. The van der Waals surface area contributed by atoms with E-state index in [4.69, 9.17) is 9.47 Å². The average Bonchev–Trinajstić information content (AvgIpc) is 2.75. The monoisotopic (exact) mass is 230 g/mol. The Hall–Kier alpha value is -0.650. The SMILES string of the molecule is CCOOC(=O)C1CCC2(CC1)OCCO2. The van der Waals surface area contributed by atoms with E-state index in [1.165, 1.54) is 0 Å². The molecule has 0 atom stereocenters. The first-order chi connectivity index (χ1) is 7.76. The van der Waals surface area contributed by atoms with Gasteiger partial charge in [0.1, 0.15) is 0 Å². The molecule has 1 saturated heterocycles. The molecule has 0 unspecified atom stereocenters. The summed E-state index contributed by atoms with van der Waals surface area (Å²) in [6.45, 7) is 3.49. The van der Waals surface area contributed by atoms with Crippen LogP contribution in [0, 0.1) is 5.92 Å². The second-order valence-electron chi connectivity index (χ2n) is 4.19. The molecule has 5 heteroatoms. The van der Waals surface area contributed by atoms with Gasteiger partial charge in [0.2, 0.25) is 0 Å². The standard InChI is InChI=1S/C11H18O5/c1-2-15-16-10(12)9-3-5-11(6-4-9)13-7-8-14-11/h9H,2-8H2,1H3. The summed E-state index contributed by atoms with van der Waals surface area (Å²) in [4.78, 5) is 20.8. The highest BCUT2D eigenvalue weighted by atomic mass is 17.2. The maximum Gasteiger partial charge on any atom is 0.345 e. The van der Waals surface area contributed by atoms with Gasteiger partial charge in [-0.1, -0.05) is 0 Å². The molecule has 1 aliphatic heterocycles. The Kier molecular flexibility index (Phi) is 3.78. The van der Waals surface area contributed by atoms with Crippen LogP contribution in [0.1, 0.15) is 32.6 Å². The Morgan fingerprint density at radius 2 is 1.94 bits per heavy atom. The molecule has 1 aliphatic carbocycles. The van der Waals surface area contributed by atoms with Crippen LogP contribution in [0.4, 0.5) is 0 Å². The van der Waals surface area contributed by atoms with Crippen LogP contribution in [-0.4, -0.2) is 31.6 Å². The second-order valence-corrected chi connectivity index (χ2v) is 4.19. The van der Waals surface area contributed by atoms with Crippen LogP contribution >= 0.6 is 0 Å². The highest BCUT2D eigenvalue weighted by molar-refractivity contribution is 5.71. The van der Waals surface area contributed by atoms with Crippen molar-refractivity contribution >= 4 is 5.97 Å². The summed E-state index contributed by atoms with van der Waals surface area (Å²) in [5, 5.41) is 0. The first-order valence-corrected chi connectivity index (χ1v) is 5.87. The smallest absolute Gasteiger partial charge is 0.345 e. The summed E-state index contributed by atoms with van der Waals surface area (Å²) >= 11 is 0. The highest BCUT2D eigenvalue weighted by Crippen LogP contribution is 2.38. The number of hydrogen-bond acceptors (Lipinski definition) is 5. The third-order valence-corrected chi connectivity index (χ3v) is 3.15. The van der Waals surface area contributed by atoms with E-state index in [0.717, 1.165) is 25.7 Å². The largest absolute Gasteiger partial charge is 0.348 e. The van der Waals surface area contributed by atoms with Gasteiger partial charge < -0.3 is 9.47 Å². The number of ether oxygens (including phenoxy) is 2. The molecule has 1 heterocycles. The van der Waals surface area contributed by atoms with Crippen LogP contribution < -0.4 is 0 Å². The summed E-state index contributed by atoms with van der Waals surface area (Å²) in [7, 11) is 0. The van der Waals surface area contributed by atoms with Gasteiger partial charge in [-0.2, -0.15) is 4.89 Å². The molecule has 2 aliphatic rings. The molecule has 2 fully saturated rings. The van der Waals surface area contributed by atoms with Crippen molar-refractivity contribution in [3.8, 4) is 0 Å². The molecule has 0 aromatic rings. The summed E-state index contributed by atoms with van der Waals surface area (Å²) in [6, 6.07) is 0. The fraction of sp³-hybridized carbons (Fsp3) is 0.909. The molecule has 0 bridgehead atoms. The van der Waals surface area contributed by atoms with Gasteiger partial charge in [0.15, 0.2) is 5.79 Å². The van der Waals surface area contributed by atoms with Crippen LogP contribution in [0.25, 0.3) is 0 Å². The predicted octanol–water partition coefficient (Wildman–Crippen LogP) is 1.41. The maximum atomic E-state index is 11.5. The van der Waals surface area contributed by atoms with Crippen LogP contribution in [0.15, 0.2) is 0 Å². The number of hydrogen-bond donors (Lipinski definition) is 0. The van der Waals surface area contributed by atoms with E-state index < -0.39 is 5.79 Å². The zero-order valence-corrected chi connectivity index (χ0v) is 9.57. The molecular weight excluding hydrogens is 212 g/mol. The van der Waals surface area contributed by atoms with Gasteiger partial charge in [-0.15, -0.1) is 0 Å². The molecule has 1 spiro atoms. The first kappa shape index (κ1) is 11.8. The van der Waals surface area contributed by atoms with Crippen molar-refractivity contribution in [1.82, 2.24) is 0 Å². The fourth-order valence-electron chi connectivity index (χ4n) is 2.26. The third-order valence-electron chi connectivity index (χ3n) is 3.15. The maximum absolute atomic E-state index is 11.5. The van der Waals surface area contributed by atoms with Gasteiger partial charge in [0, 0.05) is 12.8 Å². The van der Waals surface area contributed by atoms with Gasteiger partial charge in [-0.05, 0) is 19.8 Å². The lowest BCUT2D eigenvalue weighted by atomic mass is 9.85. The molecule has 16 heavy (non-hydrogen) atoms. The fourth-order valence-corrected chi connectivity index (χ4v) is 2.26. The van der Waals surface area contributed by atoms with E-state index in [1.807, 2.05) is 0 Å². The first-order valence-electron chi connectivity index (χ1n) is 5.87. The average molecular weight is 230 g/mol. The zero-order chi connectivity index (χ0) is 11.4. The van der Waals surface area contributed by atoms with Crippen LogP contribution in [0.2, 0.25) is 0 Å². The molecule has 0 amide bonds. The van der Waals surface area contributed by atoms with Gasteiger partial charge in [-0.3, -0.25) is 4.89 Å². The molecule has 0 aromatic carbocycles. The van der Waals surface area contributed by atoms with Gasteiger partial charge in [0.25, 0.3) is 0 Å². The Bertz CT molecular complexity index is 237. The van der Waals surface area contributed by atoms with Crippen LogP contribution in [0.5, 0.6) is 0 Å². The molecular formula is C11H18O5. The quantitative estimate of drug-likeness (QED) is 0.542. The molecule has 5 nitrogen and oxygen atoms in total. The van der Waals surface area contributed by atoms with E-state index in [2.05, 4.69) is 9.78 Å². The summed E-state index contributed by atoms with van der Waals surface area (Å²) in [6.07, 6.45) is 3.01. The Balaban J connectivity index is 1.78. The topological polar surface area (TPSA) is 54.0 Å². The van der Waals surface area contributed by atoms with Gasteiger partial charge in [0.05, 0.1) is 25.7 Å². The molecule has 2 rings (SSSR count). The lowest BCUT2D eigenvalue weighted by Crippen LogP contribution is -2.37. The van der Waals surface area contributed by atoms with Crippen LogP contribution in [-0.2, 0) is 24.0 Å². The van der Waals surface area contributed by atoms with Crippen LogP contribution in [0.3, 0.4) is 0 Å². The zero-order valence-electron chi connectivity index (χ0n) is 9.57. The van der Waals surface area contributed by atoms with Crippen molar-refractivity contribution in [3.05, 3.63) is 0 Å². The van der Waals surface area contributed by atoms with Crippen molar-refractivity contribution in [2.75, 3.05) is 19.8 Å². The van der Waals surface area contributed by atoms with Crippen molar-refractivity contribution in [2.45, 2.75) is 38.4 Å². The molecule has 1 saturated carbocycles. The summed E-state index contributed by atoms with van der Waals surface area (Å²) in [5.41, 5.74) is 0. The number of rotatable bonds is 3. The normalized spacial score (nSPS) is 24.8. The van der Waals surface area contributed by atoms with E-state index >= 15 is 0 Å². The molecule has 0 aromatic heterocycles. The second kappa shape index (κ2) is 5.12. The Morgan fingerprint density at radius 1 is 1.31 bits per heavy atom. The Labute approximate surface area is 94.9 Å². The third kappa shape index (κ3) is 2.53. The lowest BCUT2D eigenvalue weighted by molar-refractivity contribution is -0.276. The number of carbonyl (C=O) groups excluding carboxylic acids is 1. The molecule has 92 valence electrons. The molecule has 0 N–H and O–H groups in total. The van der Waals surface area contributed by atoms with E-state index in [-0.39, 0.29) is 11.9 Å². The van der Waals surface area contributed by atoms with Gasteiger partial charge in [-0.25, -0.2) is 4.79 Å². The minimum atomic E-state index is -0.414. The summed E-state index contributed by atoms with van der Waals surface area (Å²) in [5.74, 6) is -0.762. The highest BCUT2D eigenvalue weighted by Gasteiger charge is 2.42. The van der Waals surface area contributed by atoms with E-state index in [9.17, 15) is 4.79 Å². The van der Waals surface area contributed by atoms with Crippen molar-refractivity contribution < 1.29 is 24.0 Å². The van der Waals surface area contributed by atoms with E-state index in [0.29, 0.717) is 19.8 Å². The molecule has 0 radical (unpaired) electrons. The lowest BCUT2D eigenvalue weighted by Gasteiger charge is -2.34. The van der Waals surface area contributed by atoms with Gasteiger partial charge >= 0.3 is 5.97 Å². The summed E-state index contributed by atoms with van der Waals surface area (Å²) < 4.78 is 11.2. The van der Waals surface area contributed by atoms with Crippen molar-refractivity contribution in [2.24, 2.45) is 5.92 Å². The minimum Gasteiger partial charge on any atom is -0.348 e. The Morgan fingerprint density at radius 3 is 2.50 bits per heavy atom.